The average molecular weight is 265 g/mol. The summed E-state index contributed by atoms with van der Waals surface area (Å²) in [6.45, 7) is 3.34. The molecule has 1 fully saturated rings. The van der Waals surface area contributed by atoms with E-state index in [-0.39, 0.29) is 18.3 Å². The van der Waals surface area contributed by atoms with Crippen molar-refractivity contribution in [2.75, 3.05) is 11.4 Å². The summed E-state index contributed by atoms with van der Waals surface area (Å²) >= 11 is 0. The molecule has 1 heterocycles. The second kappa shape index (κ2) is 4.97. The molecule has 102 valence electrons. The number of rotatable bonds is 2. The summed E-state index contributed by atoms with van der Waals surface area (Å²) in [5.74, 6) is -1.34. The third-order valence-electron chi connectivity index (χ3n) is 3.23. The van der Waals surface area contributed by atoms with Gasteiger partial charge in [0.1, 0.15) is 11.9 Å². The lowest BCUT2D eigenvalue weighted by molar-refractivity contribution is -0.132. The lowest BCUT2D eigenvalue weighted by Crippen LogP contribution is -2.57. The molecule has 0 radical (unpaired) electrons. The summed E-state index contributed by atoms with van der Waals surface area (Å²) in [6.07, 6.45) is 0. The van der Waals surface area contributed by atoms with Crippen molar-refractivity contribution >= 4 is 17.5 Å². The van der Waals surface area contributed by atoms with Gasteiger partial charge in [-0.15, -0.1) is 0 Å². The fourth-order valence-electron chi connectivity index (χ4n) is 2.05. The highest BCUT2D eigenvalue weighted by atomic mass is 19.1. The number of carbonyl (C=O) groups excluding carboxylic acids is 2. The van der Waals surface area contributed by atoms with Gasteiger partial charge in [-0.3, -0.25) is 14.9 Å². The van der Waals surface area contributed by atoms with Gasteiger partial charge in [0.05, 0.1) is 12.2 Å². The van der Waals surface area contributed by atoms with Gasteiger partial charge in [0.25, 0.3) is 0 Å². The predicted molar refractivity (Wildman–Crippen MR) is 69.0 cm³/mol. The molecule has 6 heteroatoms. The van der Waals surface area contributed by atoms with E-state index in [1.165, 1.54) is 11.0 Å². The summed E-state index contributed by atoms with van der Waals surface area (Å²) < 4.78 is 14.1. The number of imide groups is 1. The number of hydrogen-bond acceptors (Lipinski definition) is 4. The molecule has 2 amide bonds. The zero-order valence-electron chi connectivity index (χ0n) is 10.8. The zero-order valence-corrected chi connectivity index (χ0v) is 10.8. The lowest BCUT2D eigenvalue weighted by Gasteiger charge is -2.33. The third kappa shape index (κ3) is 2.58. The van der Waals surface area contributed by atoms with Crippen LogP contribution in [-0.4, -0.2) is 24.4 Å². The van der Waals surface area contributed by atoms with Crippen molar-refractivity contribution in [2.24, 2.45) is 5.73 Å². The van der Waals surface area contributed by atoms with Crippen molar-refractivity contribution in [1.29, 1.82) is 0 Å². The topological polar surface area (TPSA) is 75.4 Å². The summed E-state index contributed by atoms with van der Waals surface area (Å²) in [7, 11) is 0. The van der Waals surface area contributed by atoms with Crippen LogP contribution in [-0.2, 0) is 9.59 Å². The van der Waals surface area contributed by atoms with E-state index in [2.05, 4.69) is 5.32 Å². The largest absolute Gasteiger partial charge is 0.348 e. The second-order valence-electron chi connectivity index (χ2n) is 4.72. The van der Waals surface area contributed by atoms with Gasteiger partial charge in [-0.2, -0.15) is 0 Å². The molecule has 1 saturated heterocycles. The number of nitrogens with two attached hydrogens (primary N) is 1. The first-order valence-electron chi connectivity index (χ1n) is 6.05. The van der Waals surface area contributed by atoms with Crippen molar-refractivity contribution in [2.45, 2.75) is 25.9 Å². The van der Waals surface area contributed by atoms with Crippen LogP contribution in [0.5, 0.6) is 0 Å². The summed E-state index contributed by atoms with van der Waals surface area (Å²) in [5.41, 5.74) is 6.59. The van der Waals surface area contributed by atoms with Gasteiger partial charge in [-0.25, -0.2) is 4.39 Å². The van der Waals surface area contributed by atoms with Crippen LogP contribution in [0.4, 0.5) is 10.1 Å². The Morgan fingerprint density at radius 2 is 2.16 bits per heavy atom. The van der Waals surface area contributed by atoms with Gasteiger partial charge >= 0.3 is 0 Å². The van der Waals surface area contributed by atoms with Crippen LogP contribution >= 0.6 is 0 Å². The molecule has 2 unspecified atom stereocenters. The molecular formula is C13H16FN3O2. The normalized spacial score (nSPS) is 21.3. The number of halogens is 1. The maximum atomic E-state index is 14.1. The molecule has 0 aromatic heterocycles. The second-order valence-corrected chi connectivity index (χ2v) is 4.72. The number of anilines is 1. The highest BCUT2D eigenvalue weighted by molar-refractivity contribution is 6.04. The maximum absolute atomic E-state index is 14.1. The van der Waals surface area contributed by atoms with Gasteiger partial charge in [-0.05, 0) is 31.5 Å². The number of hydrogen-bond donors (Lipinski definition) is 2. The summed E-state index contributed by atoms with van der Waals surface area (Å²) in [5, 5.41) is 2.22. The van der Waals surface area contributed by atoms with Crippen LogP contribution in [0.15, 0.2) is 18.2 Å². The number of carbonyl (C=O) groups is 2. The van der Waals surface area contributed by atoms with Crippen LogP contribution < -0.4 is 16.0 Å². The van der Waals surface area contributed by atoms with Crippen molar-refractivity contribution in [3.8, 4) is 0 Å². The van der Waals surface area contributed by atoms with Gasteiger partial charge in [0.2, 0.25) is 11.8 Å². The average Bonchev–Trinajstić information content (AvgIpc) is 2.33. The minimum atomic E-state index is -0.589. The van der Waals surface area contributed by atoms with Crippen LogP contribution in [0.2, 0.25) is 0 Å². The monoisotopic (exact) mass is 265 g/mol. The van der Waals surface area contributed by atoms with Gasteiger partial charge in [0.15, 0.2) is 0 Å². The van der Waals surface area contributed by atoms with E-state index >= 15 is 0 Å². The van der Waals surface area contributed by atoms with Crippen molar-refractivity contribution in [3.05, 3.63) is 29.6 Å². The highest BCUT2D eigenvalue weighted by Gasteiger charge is 2.31. The zero-order chi connectivity index (χ0) is 14.2. The van der Waals surface area contributed by atoms with E-state index in [9.17, 15) is 14.0 Å². The van der Waals surface area contributed by atoms with Crippen LogP contribution in [0, 0.1) is 5.82 Å². The molecule has 0 spiro atoms. The Labute approximate surface area is 110 Å². The van der Waals surface area contributed by atoms with Crippen LogP contribution in [0.25, 0.3) is 0 Å². The molecule has 19 heavy (non-hydrogen) atoms. The van der Waals surface area contributed by atoms with Crippen molar-refractivity contribution in [1.82, 2.24) is 5.32 Å². The molecule has 2 rings (SSSR count). The molecule has 3 N–H and O–H groups in total. The first kappa shape index (κ1) is 13.5. The standard InChI is InChI=1S/C13H16FN3O2/c1-7(15)9-3-4-11(10(14)5-9)17-6-12(18)16-13(19)8(17)2/h3-5,7-8H,6,15H2,1-2H3,(H,16,18,19). The Bertz CT molecular complexity index is 531. The quantitative estimate of drug-likeness (QED) is 0.772. The van der Waals surface area contributed by atoms with Crippen molar-refractivity contribution < 1.29 is 14.0 Å². The molecule has 0 bridgehead atoms. The van der Waals surface area contributed by atoms with Gasteiger partial charge < -0.3 is 10.6 Å². The first-order chi connectivity index (χ1) is 8.90. The van der Waals surface area contributed by atoms with E-state index < -0.39 is 23.7 Å². The Kier molecular flexibility index (Phi) is 3.53. The molecule has 2 atom stereocenters. The smallest absolute Gasteiger partial charge is 0.249 e. The number of benzene rings is 1. The Balaban J connectivity index is 2.35. The van der Waals surface area contributed by atoms with Crippen LogP contribution in [0.1, 0.15) is 25.5 Å². The van der Waals surface area contributed by atoms with Gasteiger partial charge in [-0.1, -0.05) is 6.07 Å². The summed E-state index contributed by atoms with van der Waals surface area (Å²) in [4.78, 5) is 24.4. The Morgan fingerprint density at radius 3 is 2.74 bits per heavy atom. The molecular weight excluding hydrogens is 249 g/mol. The number of nitrogens with one attached hydrogen (secondary N) is 1. The number of amides is 2. The molecule has 1 aliphatic rings. The predicted octanol–water partition coefficient (Wildman–Crippen LogP) is 0.697. The Morgan fingerprint density at radius 1 is 1.47 bits per heavy atom. The molecule has 1 aromatic carbocycles. The SMILES string of the molecule is CC(N)c1ccc(N2CC(=O)NC(=O)C2C)c(F)c1. The Hall–Kier alpha value is -1.95. The molecule has 0 aliphatic carbocycles. The lowest BCUT2D eigenvalue weighted by atomic mass is 10.1. The third-order valence-corrected chi connectivity index (χ3v) is 3.23. The minimum Gasteiger partial charge on any atom is -0.348 e. The van der Waals surface area contributed by atoms with Crippen molar-refractivity contribution in [3.63, 3.8) is 0 Å². The van der Waals surface area contributed by atoms with E-state index in [4.69, 9.17) is 5.73 Å². The van der Waals surface area contributed by atoms with Crippen LogP contribution in [0.3, 0.4) is 0 Å². The van der Waals surface area contributed by atoms with E-state index in [1.807, 2.05) is 0 Å². The minimum absolute atomic E-state index is 0.0403. The van der Waals surface area contributed by atoms with E-state index in [0.29, 0.717) is 5.56 Å². The number of piperazine rings is 1. The molecule has 1 aromatic rings. The first-order valence-corrected chi connectivity index (χ1v) is 6.05. The molecule has 1 aliphatic heterocycles. The van der Waals surface area contributed by atoms with E-state index in [1.54, 1.807) is 26.0 Å². The fourth-order valence-corrected chi connectivity index (χ4v) is 2.05. The highest BCUT2D eigenvalue weighted by Crippen LogP contribution is 2.25. The summed E-state index contributed by atoms with van der Waals surface area (Å²) in [6, 6.07) is 3.73. The number of nitrogens with zero attached hydrogens (tertiary/aromatic N) is 1. The maximum Gasteiger partial charge on any atom is 0.249 e. The fraction of sp³-hybridized carbons (Fsp3) is 0.385. The van der Waals surface area contributed by atoms with Gasteiger partial charge in [0, 0.05) is 6.04 Å². The molecule has 5 nitrogen and oxygen atoms in total. The molecule has 0 saturated carbocycles. The van der Waals surface area contributed by atoms with E-state index in [0.717, 1.165) is 0 Å².